The minimum atomic E-state index is 0.165. The van der Waals surface area contributed by atoms with Gasteiger partial charge in [0, 0.05) is 35.1 Å². The zero-order valence-electron chi connectivity index (χ0n) is 12.8. The van der Waals surface area contributed by atoms with E-state index in [-0.39, 0.29) is 5.92 Å². The number of para-hydroxylation sites is 1. The van der Waals surface area contributed by atoms with Crippen LogP contribution in [0.2, 0.25) is 0 Å². The Morgan fingerprint density at radius 2 is 2.18 bits per heavy atom. The van der Waals surface area contributed by atoms with Crippen LogP contribution in [0.3, 0.4) is 0 Å². The van der Waals surface area contributed by atoms with Crippen LogP contribution >= 0.6 is 0 Å². The molecule has 1 aromatic heterocycles. The molecular weight excluding hydrogens is 272 g/mol. The number of hydrogen-bond acceptors (Lipinski definition) is 2. The number of piperidine rings is 3. The van der Waals surface area contributed by atoms with Crippen molar-refractivity contribution >= 4 is 17.2 Å². The minimum absolute atomic E-state index is 0.165. The van der Waals surface area contributed by atoms with Gasteiger partial charge in [0.15, 0.2) is 0 Å². The smallest absolute Gasteiger partial charge is 0.125 e. The summed E-state index contributed by atoms with van der Waals surface area (Å²) in [5.41, 5.74) is 5.56. The number of hydrogen-bond donors (Lipinski definition) is 1. The van der Waals surface area contributed by atoms with Crippen molar-refractivity contribution in [1.29, 1.82) is 0 Å². The topological polar surface area (TPSA) is 36.1 Å². The Morgan fingerprint density at radius 3 is 3.00 bits per heavy atom. The van der Waals surface area contributed by atoms with E-state index in [0.717, 1.165) is 19.4 Å². The minimum Gasteiger partial charge on any atom is -0.357 e. The Bertz CT molecular complexity index is 803. The van der Waals surface area contributed by atoms with Crippen LogP contribution in [0.25, 0.3) is 10.9 Å². The normalized spacial score (nSPS) is 37.5. The Balaban J connectivity index is 1.70. The van der Waals surface area contributed by atoms with Gasteiger partial charge >= 0.3 is 0 Å². The van der Waals surface area contributed by atoms with E-state index in [2.05, 4.69) is 47.1 Å². The van der Waals surface area contributed by atoms with Gasteiger partial charge in [-0.15, -0.1) is 0 Å². The van der Waals surface area contributed by atoms with Crippen LogP contribution in [0.4, 0.5) is 0 Å². The molecule has 4 aliphatic heterocycles. The van der Waals surface area contributed by atoms with Crippen LogP contribution < -0.4 is 0 Å². The van der Waals surface area contributed by atoms with Crippen LogP contribution in [0.5, 0.6) is 0 Å². The van der Waals surface area contributed by atoms with Gasteiger partial charge in [-0.05, 0) is 37.3 Å². The molecule has 0 aliphatic carbocycles. The van der Waals surface area contributed by atoms with Gasteiger partial charge in [0.1, 0.15) is 6.29 Å². The molecule has 112 valence electrons. The third-order valence-corrected chi connectivity index (χ3v) is 6.17. The third kappa shape index (κ3) is 1.42. The predicted molar refractivity (Wildman–Crippen MR) is 86.7 cm³/mol. The number of nitrogens with zero attached hydrogens (tertiary/aromatic N) is 1. The second-order valence-electron chi connectivity index (χ2n) is 6.94. The number of allylic oxidation sites excluding steroid dienone is 1. The fourth-order valence-corrected chi connectivity index (χ4v) is 5.17. The fraction of sp³-hybridized carbons (Fsp3) is 0.421. The van der Waals surface area contributed by atoms with Crippen molar-refractivity contribution in [3.8, 4) is 0 Å². The molecule has 6 rings (SSSR count). The van der Waals surface area contributed by atoms with Crippen molar-refractivity contribution in [3.05, 3.63) is 47.2 Å². The van der Waals surface area contributed by atoms with Gasteiger partial charge in [-0.3, -0.25) is 4.90 Å². The maximum absolute atomic E-state index is 11.8. The molecule has 22 heavy (non-hydrogen) atoms. The van der Waals surface area contributed by atoms with E-state index in [9.17, 15) is 4.79 Å². The number of H-pyrrole nitrogens is 1. The summed E-state index contributed by atoms with van der Waals surface area (Å²) < 4.78 is 0. The van der Waals surface area contributed by atoms with Crippen LogP contribution in [0.1, 0.15) is 30.6 Å². The zero-order valence-corrected chi connectivity index (χ0v) is 12.8. The molecule has 3 nitrogen and oxygen atoms in total. The molecule has 3 fully saturated rings. The largest absolute Gasteiger partial charge is 0.357 e. The lowest BCUT2D eigenvalue weighted by molar-refractivity contribution is -0.121. The molecule has 0 radical (unpaired) electrons. The van der Waals surface area contributed by atoms with Crippen molar-refractivity contribution in [2.24, 2.45) is 11.8 Å². The van der Waals surface area contributed by atoms with E-state index >= 15 is 0 Å². The van der Waals surface area contributed by atoms with E-state index in [1.807, 2.05) is 0 Å². The first kappa shape index (κ1) is 12.7. The highest BCUT2D eigenvalue weighted by Crippen LogP contribution is 2.53. The number of aldehydes is 1. The molecule has 4 bridgehead atoms. The number of nitrogens with one attached hydrogen (secondary N) is 1. The first-order chi connectivity index (χ1) is 10.8. The maximum Gasteiger partial charge on any atom is 0.125 e. The molecule has 3 heteroatoms. The second-order valence-corrected chi connectivity index (χ2v) is 6.94. The highest BCUT2D eigenvalue weighted by Gasteiger charge is 2.52. The average molecular weight is 292 g/mol. The van der Waals surface area contributed by atoms with Crippen LogP contribution in [0.15, 0.2) is 35.9 Å². The van der Waals surface area contributed by atoms with Crippen LogP contribution in [0, 0.1) is 11.8 Å². The Labute approximate surface area is 130 Å². The highest BCUT2D eigenvalue weighted by atomic mass is 16.1. The van der Waals surface area contributed by atoms with E-state index in [0.29, 0.717) is 18.0 Å². The van der Waals surface area contributed by atoms with E-state index in [1.54, 1.807) is 0 Å². The van der Waals surface area contributed by atoms with Gasteiger partial charge in [0.25, 0.3) is 0 Å². The molecule has 5 heterocycles. The quantitative estimate of drug-likeness (QED) is 0.647. The lowest BCUT2D eigenvalue weighted by Crippen LogP contribution is -2.60. The Hall–Kier alpha value is -1.87. The molecule has 1 unspecified atom stereocenters. The lowest BCUT2D eigenvalue weighted by Gasteiger charge is -2.57. The molecule has 2 aromatic rings. The standard InChI is InChI=1S/C19H20N2O/c1-2-11-9-21-17-8-14-12-5-3-4-6-16(12)20-19(14)18(21)7-13(11)15(17)10-22/h2-6,10,13,15,17-18,20H,7-9H2,1H3/b11-2-/t13-,15-,17-,18-/m0/s1. The van der Waals surface area contributed by atoms with Crippen molar-refractivity contribution in [1.82, 2.24) is 9.88 Å². The fourth-order valence-electron chi connectivity index (χ4n) is 5.17. The van der Waals surface area contributed by atoms with Gasteiger partial charge in [-0.2, -0.15) is 0 Å². The average Bonchev–Trinajstić information content (AvgIpc) is 2.93. The molecule has 0 spiro atoms. The third-order valence-electron chi connectivity index (χ3n) is 6.17. The molecular formula is C19H20N2O. The van der Waals surface area contributed by atoms with Crippen molar-refractivity contribution in [2.75, 3.05) is 6.54 Å². The summed E-state index contributed by atoms with van der Waals surface area (Å²) in [6.07, 6.45) is 5.54. The van der Waals surface area contributed by atoms with Gasteiger partial charge in [0.05, 0.1) is 6.04 Å². The first-order valence-electron chi connectivity index (χ1n) is 8.27. The summed E-state index contributed by atoms with van der Waals surface area (Å²) in [5, 5.41) is 1.35. The first-order valence-corrected chi connectivity index (χ1v) is 8.27. The maximum atomic E-state index is 11.8. The molecule has 5 atom stereocenters. The summed E-state index contributed by atoms with van der Waals surface area (Å²) in [6.45, 7) is 3.15. The SMILES string of the molecule is C/C=C1/CN2[C@H]3C[C@@H]1[C@H](C=O)[C@@H]2Cc1c3[nH]c2ccccc12. The summed E-state index contributed by atoms with van der Waals surface area (Å²) in [6, 6.07) is 9.44. The molecule has 3 saturated heterocycles. The summed E-state index contributed by atoms with van der Waals surface area (Å²) >= 11 is 0. The van der Waals surface area contributed by atoms with E-state index in [1.165, 1.54) is 34.0 Å². The van der Waals surface area contributed by atoms with E-state index in [4.69, 9.17) is 0 Å². The predicted octanol–water partition coefficient (Wildman–Crippen LogP) is 3.23. The second kappa shape index (κ2) is 4.32. The van der Waals surface area contributed by atoms with Crippen molar-refractivity contribution in [2.45, 2.75) is 31.8 Å². The number of benzene rings is 1. The monoisotopic (exact) mass is 292 g/mol. The number of aromatic amines is 1. The highest BCUT2D eigenvalue weighted by molar-refractivity contribution is 5.85. The number of rotatable bonds is 1. The zero-order chi connectivity index (χ0) is 14.8. The van der Waals surface area contributed by atoms with Crippen molar-refractivity contribution in [3.63, 3.8) is 0 Å². The number of carbonyl (C=O) groups excluding carboxylic acids is 1. The van der Waals surface area contributed by atoms with Gasteiger partial charge in [-0.1, -0.05) is 29.8 Å². The Kier molecular flexibility index (Phi) is 2.49. The van der Waals surface area contributed by atoms with Gasteiger partial charge < -0.3 is 9.78 Å². The van der Waals surface area contributed by atoms with Gasteiger partial charge in [0.2, 0.25) is 0 Å². The number of fused-ring (bicyclic) bond motifs is 4. The number of carbonyl (C=O) groups is 1. The molecule has 0 saturated carbocycles. The summed E-state index contributed by atoms with van der Waals surface area (Å²) in [7, 11) is 0. The molecule has 0 amide bonds. The Morgan fingerprint density at radius 1 is 1.32 bits per heavy atom. The van der Waals surface area contributed by atoms with Gasteiger partial charge in [-0.25, -0.2) is 0 Å². The summed E-state index contributed by atoms with van der Waals surface area (Å²) in [4.78, 5) is 18.0. The van der Waals surface area contributed by atoms with Crippen molar-refractivity contribution < 1.29 is 4.79 Å². The molecule has 4 aliphatic rings. The summed E-state index contributed by atoms with van der Waals surface area (Å²) in [5.74, 6) is 0.611. The molecule has 1 N–H and O–H groups in total. The molecule has 1 aromatic carbocycles. The van der Waals surface area contributed by atoms with Crippen LogP contribution in [-0.2, 0) is 11.2 Å². The lowest BCUT2D eigenvalue weighted by atomic mass is 9.64. The van der Waals surface area contributed by atoms with E-state index < -0.39 is 0 Å². The van der Waals surface area contributed by atoms with Crippen LogP contribution in [-0.4, -0.2) is 28.8 Å². The number of aromatic nitrogens is 1.